The van der Waals surface area contributed by atoms with Crippen molar-refractivity contribution in [2.24, 2.45) is 11.8 Å². The lowest BCUT2D eigenvalue weighted by Crippen LogP contribution is -2.53. The molecule has 5 aliphatic rings. The molecule has 4 aliphatic heterocycles. The maximum atomic E-state index is 17.1. The van der Waals surface area contributed by atoms with Crippen molar-refractivity contribution in [3.05, 3.63) is 47.5 Å². The SMILES string of the molecule is C#Cc1c(F)ccc2cccc(-c3nc4c5c(nc(OC[C@@]67CCCN6C[C@H](F)C7)nc5c3F)N3C[C@H]5CC[C@H](C5)[C@H]3[C@H](CC)O4)c12. The number of alkyl halides is 1. The monoisotopic (exact) mass is 639 g/mol. The van der Waals surface area contributed by atoms with E-state index in [1.165, 1.54) is 6.07 Å². The zero-order valence-electron chi connectivity index (χ0n) is 26.3. The molecule has 0 unspecified atom stereocenters. The molecule has 2 bridgehead atoms. The van der Waals surface area contributed by atoms with Crippen LogP contribution in [0, 0.1) is 35.8 Å². The number of ether oxygens (including phenoxy) is 2. The lowest BCUT2D eigenvalue weighted by atomic mass is 9.86. The molecule has 242 valence electrons. The van der Waals surface area contributed by atoms with E-state index in [0.717, 1.165) is 51.6 Å². The summed E-state index contributed by atoms with van der Waals surface area (Å²) in [6, 6.07) is 8.33. The minimum Gasteiger partial charge on any atom is -0.472 e. The van der Waals surface area contributed by atoms with Gasteiger partial charge in [-0.05, 0) is 68.4 Å². The topological polar surface area (TPSA) is 63.6 Å². The summed E-state index contributed by atoms with van der Waals surface area (Å²) in [5, 5.41) is 1.48. The first kappa shape index (κ1) is 29.1. The number of hydrogen-bond acceptors (Lipinski definition) is 7. The summed E-state index contributed by atoms with van der Waals surface area (Å²) >= 11 is 0. The summed E-state index contributed by atoms with van der Waals surface area (Å²) in [6.45, 7) is 4.34. The zero-order chi connectivity index (χ0) is 32.0. The summed E-state index contributed by atoms with van der Waals surface area (Å²) < 4.78 is 59.8. The second-order valence-electron chi connectivity index (χ2n) is 14.1. The molecule has 0 radical (unpaired) electrons. The predicted molar refractivity (Wildman–Crippen MR) is 173 cm³/mol. The largest absolute Gasteiger partial charge is 0.472 e. The van der Waals surface area contributed by atoms with Gasteiger partial charge in [-0.1, -0.05) is 37.1 Å². The van der Waals surface area contributed by atoms with Crippen molar-refractivity contribution in [1.29, 1.82) is 0 Å². The molecule has 0 amide bonds. The van der Waals surface area contributed by atoms with Crippen LogP contribution in [0.5, 0.6) is 11.9 Å². The van der Waals surface area contributed by atoms with Crippen molar-refractivity contribution in [1.82, 2.24) is 19.9 Å². The molecule has 6 heterocycles. The molecule has 10 heteroatoms. The highest BCUT2D eigenvalue weighted by Gasteiger charge is 2.50. The van der Waals surface area contributed by atoms with Crippen molar-refractivity contribution in [3.63, 3.8) is 0 Å². The molecule has 2 aromatic heterocycles. The smallest absolute Gasteiger partial charge is 0.319 e. The van der Waals surface area contributed by atoms with Gasteiger partial charge in [0.05, 0.1) is 17.1 Å². The van der Waals surface area contributed by atoms with Gasteiger partial charge in [0, 0.05) is 30.5 Å². The van der Waals surface area contributed by atoms with E-state index in [-0.39, 0.29) is 47.4 Å². The van der Waals surface area contributed by atoms with Crippen LogP contribution in [0.4, 0.5) is 19.0 Å². The fourth-order valence-electron chi connectivity index (χ4n) is 9.49. The van der Waals surface area contributed by atoms with E-state index < -0.39 is 23.3 Å². The maximum Gasteiger partial charge on any atom is 0.319 e. The second-order valence-corrected chi connectivity index (χ2v) is 14.1. The number of piperidine rings is 1. The zero-order valence-corrected chi connectivity index (χ0v) is 26.3. The van der Waals surface area contributed by atoms with Crippen LogP contribution in [0.1, 0.15) is 57.4 Å². The number of halogens is 3. The molecule has 0 N–H and O–H groups in total. The molecule has 6 atom stereocenters. The molecule has 1 aliphatic carbocycles. The van der Waals surface area contributed by atoms with Crippen molar-refractivity contribution >= 4 is 27.5 Å². The Morgan fingerprint density at radius 2 is 2.00 bits per heavy atom. The van der Waals surface area contributed by atoms with Crippen molar-refractivity contribution in [2.45, 2.75) is 75.7 Å². The molecule has 1 saturated carbocycles. The van der Waals surface area contributed by atoms with E-state index in [2.05, 4.69) is 22.6 Å². The Morgan fingerprint density at radius 1 is 1.11 bits per heavy atom. The first-order valence-electron chi connectivity index (χ1n) is 16.9. The summed E-state index contributed by atoms with van der Waals surface area (Å²) in [4.78, 5) is 19.0. The molecule has 47 heavy (non-hydrogen) atoms. The molecular formula is C37H36F3N5O2. The molecular weight excluding hydrogens is 603 g/mol. The van der Waals surface area contributed by atoms with E-state index in [1.54, 1.807) is 18.2 Å². The predicted octanol–water partition coefficient (Wildman–Crippen LogP) is 6.84. The highest BCUT2D eigenvalue weighted by atomic mass is 19.1. The van der Waals surface area contributed by atoms with Gasteiger partial charge in [0.2, 0.25) is 5.88 Å². The quantitative estimate of drug-likeness (QED) is 0.222. The summed E-state index contributed by atoms with van der Waals surface area (Å²) in [5.41, 5.74) is -0.0122. The number of fused-ring (bicyclic) bond motifs is 7. The summed E-state index contributed by atoms with van der Waals surface area (Å²) in [5.74, 6) is 2.96. The van der Waals surface area contributed by atoms with E-state index in [4.69, 9.17) is 30.8 Å². The van der Waals surface area contributed by atoms with Crippen LogP contribution in [-0.2, 0) is 0 Å². The first-order chi connectivity index (χ1) is 22.9. The van der Waals surface area contributed by atoms with Gasteiger partial charge in [-0.25, -0.2) is 18.2 Å². The normalized spacial score (nSPS) is 29.4. The first-order valence-corrected chi connectivity index (χ1v) is 16.9. The van der Waals surface area contributed by atoms with Crippen molar-refractivity contribution < 1.29 is 22.6 Å². The van der Waals surface area contributed by atoms with Crippen molar-refractivity contribution in [2.75, 3.05) is 31.1 Å². The Bertz CT molecular complexity index is 1980. The Kier molecular flexibility index (Phi) is 6.62. The molecule has 4 fully saturated rings. The highest BCUT2D eigenvalue weighted by molar-refractivity contribution is 6.03. The van der Waals surface area contributed by atoms with Crippen LogP contribution in [0.15, 0.2) is 30.3 Å². The molecule has 3 saturated heterocycles. The number of nitrogens with zero attached hydrogens (tertiary/aromatic N) is 5. The number of hydrogen-bond donors (Lipinski definition) is 0. The van der Waals surface area contributed by atoms with Crippen LogP contribution < -0.4 is 14.4 Å². The number of rotatable bonds is 5. The van der Waals surface area contributed by atoms with Gasteiger partial charge < -0.3 is 14.4 Å². The van der Waals surface area contributed by atoms with E-state index in [0.29, 0.717) is 52.3 Å². The Hall–Kier alpha value is -4.10. The standard InChI is InChI=1S/C37H36F3N5O2/c1-3-24-26(39)12-11-21-7-5-8-25(28(21)24)31-30(40)32-29-34(43-36(42-32)46-19-37-13-6-14-44(37)18-23(38)16-37)45-17-20-9-10-22(15-20)33(45)27(4-2)47-35(29)41-31/h1,5,7-8,11-12,20,22-23,27,33H,4,6,9-10,13-19H2,2H3/t20-,22+,23+,27-,33-,37-/m0/s1. The van der Waals surface area contributed by atoms with E-state index >= 15 is 8.78 Å². The third kappa shape index (κ3) is 4.35. The van der Waals surface area contributed by atoms with Crippen LogP contribution in [0.3, 0.4) is 0 Å². The average Bonchev–Trinajstić information content (AvgIpc) is 3.71. The van der Waals surface area contributed by atoms with Gasteiger partial charge in [-0.15, -0.1) is 6.42 Å². The maximum absolute atomic E-state index is 17.1. The highest BCUT2D eigenvalue weighted by Crippen LogP contribution is 2.50. The Morgan fingerprint density at radius 3 is 2.85 bits per heavy atom. The molecule has 7 nitrogen and oxygen atoms in total. The number of anilines is 1. The van der Waals surface area contributed by atoms with E-state index in [9.17, 15) is 4.39 Å². The Labute approximate surface area is 271 Å². The lowest BCUT2D eigenvalue weighted by Gasteiger charge is -2.43. The van der Waals surface area contributed by atoms with E-state index in [1.807, 2.05) is 6.07 Å². The fraction of sp³-hybridized carbons (Fsp3) is 0.486. The summed E-state index contributed by atoms with van der Waals surface area (Å²) in [7, 11) is 0. The third-order valence-electron chi connectivity index (χ3n) is 11.5. The second kappa shape index (κ2) is 10.7. The van der Waals surface area contributed by atoms with Gasteiger partial charge in [0.15, 0.2) is 5.82 Å². The van der Waals surface area contributed by atoms with Crippen LogP contribution >= 0.6 is 0 Å². The van der Waals surface area contributed by atoms with Gasteiger partial charge in [-0.3, -0.25) is 4.90 Å². The minimum atomic E-state index is -0.902. The molecule has 2 aromatic carbocycles. The van der Waals surface area contributed by atoms with Gasteiger partial charge in [-0.2, -0.15) is 9.97 Å². The van der Waals surface area contributed by atoms with Crippen LogP contribution in [0.2, 0.25) is 0 Å². The average molecular weight is 640 g/mol. The lowest BCUT2D eigenvalue weighted by molar-refractivity contribution is 0.107. The number of benzene rings is 2. The van der Waals surface area contributed by atoms with Gasteiger partial charge in [0.1, 0.15) is 47.1 Å². The number of pyridine rings is 1. The number of terminal acetylenes is 1. The van der Waals surface area contributed by atoms with Crippen molar-refractivity contribution in [3.8, 4) is 35.5 Å². The molecule has 9 rings (SSSR count). The fourth-order valence-corrected chi connectivity index (χ4v) is 9.49. The Balaban J connectivity index is 1.26. The molecule has 4 aromatic rings. The minimum absolute atomic E-state index is 0.0244. The van der Waals surface area contributed by atoms with Gasteiger partial charge >= 0.3 is 6.01 Å². The van der Waals surface area contributed by atoms with Crippen LogP contribution in [0.25, 0.3) is 32.9 Å². The third-order valence-corrected chi connectivity index (χ3v) is 11.5. The molecule has 0 spiro atoms. The van der Waals surface area contributed by atoms with Gasteiger partial charge in [0.25, 0.3) is 0 Å². The van der Waals surface area contributed by atoms with Crippen LogP contribution in [-0.4, -0.2) is 69.9 Å². The number of aromatic nitrogens is 3. The summed E-state index contributed by atoms with van der Waals surface area (Å²) in [6.07, 6.45) is 11.0.